The lowest BCUT2D eigenvalue weighted by Gasteiger charge is -2.15. The SMILES string of the molecule is C=C(CCCCCCCO/C(=C(\C)c1cccc(F)c1)c1cccnc1)NC. The van der Waals surface area contributed by atoms with Crippen molar-refractivity contribution in [2.75, 3.05) is 13.7 Å². The van der Waals surface area contributed by atoms with Gasteiger partial charge in [-0.05, 0) is 61.6 Å². The zero-order valence-electron chi connectivity index (χ0n) is 17.0. The van der Waals surface area contributed by atoms with Crippen molar-refractivity contribution in [1.29, 1.82) is 0 Å². The second kappa shape index (κ2) is 12.0. The van der Waals surface area contributed by atoms with Crippen LogP contribution in [0.2, 0.25) is 0 Å². The number of hydrogen-bond donors (Lipinski definition) is 1. The summed E-state index contributed by atoms with van der Waals surface area (Å²) in [5.74, 6) is 0.521. The molecule has 0 aliphatic heterocycles. The van der Waals surface area contributed by atoms with Gasteiger partial charge >= 0.3 is 0 Å². The van der Waals surface area contributed by atoms with Crippen LogP contribution in [0.15, 0.2) is 61.1 Å². The minimum absolute atomic E-state index is 0.247. The number of nitrogens with one attached hydrogen (secondary N) is 1. The van der Waals surface area contributed by atoms with E-state index < -0.39 is 0 Å². The molecule has 4 heteroatoms. The maximum absolute atomic E-state index is 13.6. The fourth-order valence-electron chi connectivity index (χ4n) is 3.03. The largest absolute Gasteiger partial charge is 0.493 e. The Hall–Kier alpha value is -2.62. The van der Waals surface area contributed by atoms with Crippen LogP contribution in [0.1, 0.15) is 56.6 Å². The molecule has 2 aromatic rings. The number of ether oxygens (including phenoxy) is 1. The minimum atomic E-state index is -0.247. The summed E-state index contributed by atoms with van der Waals surface area (Å²) in [4.78, 5) is 4.20. The lowest BCUT2D eigenvalue weighted by Crippen LogP contribution is -2.03. The zero-order valence-corrected chi connectivity index (χ0v) is 17.0. The molecule has 0 amide bonds. The van der Waals surface area contributed by atoms with Gasteiger partial charge in [0.1, 0.15) is 11.6 Å². The second-order valence-electron chi connectivity index (χ2n) is 6.93. The summed E-state index contributed by atoms with van der Waals surface area (Å²) >= 11 is 0. The van der Waals surface area contributed by atoms with Crippen molar-refractivity contribution in [3.8, 4) is 0 Å². The number of pyridine rings is 1. The molecule has 3 nitrogen and oxygen atoms in total. The van der Waals surface area contributed by atoms with Gasteiger partial charge in [0.2, 0.25) is 0 Å². The Balaban J connectivity index is 1.91. The van der Waals surface area contributed by atoms with Gasteiger partial charge in [-0.3, -0.25) is 4.98 Å². The molecule has 0 aliphatic rings. The van der Waals surface area contributed by atoms with Crippen molar-refractivity contribution in [3.63, 3.8) is 0 Å². The number of benzene rings is 1. The van der Waals surface area contributed by atoms with Crippen LogP contribution in [-0.2, 0) is 4.74 Å². The van der Waals surface area contributed by atoms with E-state index >= 15 is 0 Å². The molecule has 150 valence electrons. The third-order valence-electron chi connectivity index (χ3n) is 4.74. The Morgan fingerprint density at radius 1 is 1.07 bits per heavy atom. The van der Waals surface area contributed by atoms with Crippen LogP contribution >= 0.6 is 0 Å². The van der Waals surface area contributed by atoms with Gasteiger partial charge in [-0.1, -0.05) is 38.0 Å². The molecule has 0 fully saturated rings. The number of aromatic nitrogens is 1. The van der Waals surface area contributed by atoms with E-state index in [-0.39, 0.29) is 5.82 Å². The van der Waals surface area contributed by atoms with Crippen LogP contribution in [-0.4, -0.2) is 18.6 Å². The third-order valence-corrected chi connectivity index (χ3v) is 4.74. The molecule has 1 aromatic heterocycles. The van der Waals surface area contributed by atoms with Crippen LogP contribution in [0.25, 0.3) is 11.3 Å². The normalized spacial score (nSPS) is 11.7. The molecule has 0 saturated carbocycles. The van der Waals surface area contributed by atoms with Crippen molar-refractivity contribution in [2.45, 2.75) is 45.4 Å². The van der Waals surface area contributed by atoms with Gasteiger partial charge in [0.25, 0.3) is 0 Å². The highest BCUT2D eigenvalue weighted by Gasteiger charge is 2.10. The highest BCUT2D eigenvalue weighted by atomic mass is 19.1. The molecule has 0 atom stereocenters. The highest BCUT2D eigenvalue weighted by Crippen LogP contribution is 2.27. The molecule has 0 bridgehead atoms. The predicted molar refractivity (Wildman–Crippen MR) is 115 cm³/mol. The van der Waals surface area contributed by atoms with Crippen LogP contribution in [0.3, 0.4) is 0 Å². The van der Waals surface area contributed by atoms with Gasteiger partial charge in [-0.15, -0.1) is 0 Å². The van der Waals surface area contributed by atoms with Crippen LogP contribution in [0.4, 0.5) is 4.39 Å². The smallest absolute Gasteiger partial charge is 0.131 e. The van der Waals surface area contributed by atoms with Crippen molar-refractivity contribution in [2.24, 2.45) is 0 Å². The summed E-state index contributed by atoms with van der Waals surface area (Å²) in [5.41, 5.74) is 3.75. The Morgan fingerprint density at radius 3 is 2.54 bits per heavy atom. The maximum Gasteiger partial charge on any atom is 0.131 e. The Kier molecular flexibility index (Phi) is 9.26. The Labute approximate surface area is 168 Å². The van der Waals surface area contributed by atoms with E-state index in [1.165, 1.54) is 31.4 Å². The van der Waals surface area contributed by atoms with Crippen molar-refractivity contribution < 1.29 is 9.13 Å². The minimum Gasteiger partial charge on any atom is -0.493 e. The molecule has 1 N–H and O–H groups in total. The lowest BCUT2D eigenvalue weighted by atomic mass is 10.0. The van der Waals surface area contributed by atoms with Gasteiger partial charge in [0.15, 0.2) is 0 Å². The Bertz CT molecular complexity index is 771. The number of halogens is 1. The van der Waals surface area contributed by atoms with E-state index in [4.69, 9.17) is 4.74 Å². The fourth-order valence-corrected chi connectivity index (χ4v) is 3.03. The summed E-state index contributed by atoms with van der Waals surface area (Å²) < 4.78 is 19.8. The van der Waals surface area contributed by atoms with Gasteiger partial charge in [0.05, 0.1) is 6.61 Å². The number of allylic oxidation sites excluding steroid dienone is 2. The summed E-state index contributed by atoms with van der Waals surface area (Å²) in [7, 11) is 1.92. The molecule has 1 aromatic carbocycles. The molecule has 0 unspecified atom stereocenters. The molecule has 0 saturated heterocycles. The first-order chi connectivity index (χ1) is 13.6. The average molecular weight is 383 g/mol. The topological polar surface area (TPSA) is 34.1 Å². The lowest BCUT2D eigenvalue weighted by molar-refractivity contribution is 0.267. The van der Waals surface area contributed by atoms with E-state index in [0.717, 1.165) is 47.4 Å². The average Bonchev–Trinajstić information content (AvgIpc) is 2.72. The van der Waals surface area contributed by atoms with E-state index in [1.54, 1.807) is 18.5 Å². The van der Waals surface area contributed by atoms with Crippen LogP contribution in [0.5, 0.6) is 0 Å². The molecule has 2 rings (SSSR count). The van der Waals surface area contributed by atoms with E-state index in [0.29, 0.717) is 6.61 Å². The standard InChI is InChI=1S/C24H31FN2O/c1-19(26-3)11-7-5-4-6-8-16-28-24(22-13-10-15-27-18-22)20(2)21-12-9-14-23(25)17-21/h9-10,12-15,17-18,26H,1,4-8,11,16H2,2-3H3/b24-20+. The maximum atomic E-state index is 13.6. The van der Waals surface area contributed by atoms with Crippen molar-refractivity contribution in [3.05, 3.63) is 78.0 Å². The number of hydrogen-bond acceptors (Lipinski definition) is 3. The highest BCUT2D eigenvalue weighted by molar-refractivity contribution is 5.86. The van der Waals surface area contributed by atoms with E-state index in [2.05, 4.69) is 16.9 Å². The first-order valence-electron chi connectivity index (χ1n) is 9.97. The molecule has 1 heterocycles. The zero-order chi connectivity index (χ0) is 20.2. The number of rotatable bonds is 12. The van der Waals surface area contributed by atoms with Crippen LogP contribution < -0.4 is 5.32 Å². The quantitative estimate of drug-likeness (QED) is 0.350. The Morgan fingerprint density at radius 2 is 1.82 bits per heavy atom. The first kappa shape index (κ1) is 21.7. The number of nitrogens with zero attached hydrogens (tertiary/aromatic N) is 1. The molecule has 0 spiro atoms. The van der Waals surface area contributed by atoms with Crippen molar-refractivity contribution in [1.82, 2.24) is 10.3 Å². The summed E-state index contributed by atoms with van der Waals surface area (Å²) in [6.07, 6.45) is 10.2. The van der Waals surface area contributed by atoms with Gasteiger partial charge in [0, 0.05) is 30.7 Å². The second-order valence-corrected chi connectivity index (χ2v) is 6.93. The van der Waals surface area contributed by atoms with Gasteiger partial charge in [-0.2, -0.15) is 0 Å². The monoisotopic (exact) mass is 382 g/mol. The molecular formula is C24H31FN2O. The third kappa shape index (κ3) is 7.18. The van der Waals surface area contributed by atoms with E-state index in [9.17, 15) is 4.39 Å². The number of unbranched alkanes of at least 4 members (excludes halogenated alkanes) is 4. The molecular weight excluding hydrogens is 351 g/mol. The predicted octanol–water partition coefficient (Wildman–Crippen LogP) is 6.20. The van der Waals surface area contributed by atoms with Gasteiger partial charge in [-0.25, -0.2) is 4.39 Å². The molecule has 0 aliphatic carbocycles. The summed E-state index contributed by atoms with van der Waals surface area (Å²) in [5, 5.41) is 3.08. The first-order valence-corrected chi connectivity index (χ1v) is 9.97. The fraction of sp³-hybridized carbons (Fsp3) is 0.375. The van der Waals surface area contributed by atoms with Crippen LogP contribution in [0, 0.1) is 5.82 Å². The summed E-state index contributed by atoms with van der Waals surface area (Å²) in [6.45, 7) is 6.55. The van der Waals surface area contributed by atoms with Gasteiger partial charge < -0.3 is 10.1 Å². The molecule has 28 heavy (non-hydrogen) atoms. The molecule has 0 radical (unpaired) electrons. The van der Waals surface area contributed by atoms with Crippen molar-refractivity contribution >= 4 is 11.3 Å². The van der Waals surface area contributed by atoms with E-state index in [1.807, 2.05) is 32.2 Å². The summed E-state index contributed by atoms with van der Waals surface area (Å²) in [6, 6.07) is 10.5.